The average Bonchev–Trinajstić information content (AvgIpc) is 2.99. The van der Waals surface area contributed by atoms with E-state index in [1.54, 1.807) is 0 Å². The van der Waals surface area contributed by atoms with Crippen molar-refractivity contribution in [2.75, 3.05) is 6.61 Å². The maximum atomic E-state index is 12.1. The van der Waals surface area contributed by atoms with Crippen LogP contribution in [0.1, 0.15) is 42.3 Å². The number of benzene rings is 1. The van der Waals surface area contributed by atoms with Gasteiger partial charge in [0, 0.05) is 10.7 Å². The Morgan fingerprint density at radius 1 is 1.26 bits per heavy atom. The predicted octanol–water partition coefficient (Wildman–Crippen LogP) is 3.75. The summed E-state index contributed by atoms with van der Waals surface area (Å²) in [5, 5.41) is 4.01. The van der Waals surface area contributed by atoms with Crippen molar-refractivity contribution in [3.63, 3.8) is 0 Å². The van der Waals surface area contributed by atoms with Crippen LogP contribution in [0.2, 0.25) is 0 Å². The predicted molar refractivity (Wildman–Crippen MR) is 91.7 cm³/mol. The molecule has 0 spiro atoms. The zero-order chi connectivity index (χ0) is 16.2. The molecule has 0 saturated heterocycles. The number of ether oxygens (including phenoxy) is 1. The number of fused-ring (bicyclic) bond motifs is 1. The summed E-state index contributed by atoms with van der Waals surface area (Å²) in [6.07, 6.45) is 4.54. The highest BCUT2D eigenvalue weighted by Gasteiger charge is 2.23. The van der Waals surface area contributed by atoms with Gasteiger partial charge < -0.3 is 10.1 Å². The van der Waals surface area contributed by atoms with Crippen LogP contribution in [0.15, 0.2) is 30.3 Å². The molecular formula is C18H21NO3S. The van der Waals surface area contributed by atoms with E-state index in [4.69, 9.17) is 4.74 Å². The summed E-state index contributed by atoms with van der Waals surface area (Å²) in [6, 6.07) is 9.81. The van der Waals surface area contributed by atoms with Gasteiger partial charge >= 0.3 is 5.97 Å². The van der Waals surface area contributed by atoms with Crippen molar-refractivity contribution in [2.24, 2.45) is 5.92 Å². The number of hydrogen-bond donors (Lipinski definition) is 1. The van der Waals surface area contributed by atoms with Crippen LogP contribution in [0, 0.1) is 5.92 Å². The highest BCUT2D eigenvalue weighted by Crippen LogP contribution is 2.26. The van der Waals surface area contributed by atoms with Crippen molar-refractivity contribution in [3.05, 3.63) is 35.2 Å². The number of rotatable bonds is 4. The standard InChI is InChI=1S/C18H21NO3S/c1-12-6-2-4-8-14(12)19-17(20)11-22-18(21)16-10-13-7-3-5-9-15(13)23-16/h3,5,7,9-10,12,14H,2,4,6,8,11H2,1H3,(H,19,20)/t12-,14+/m0/s1. The third-order valence-corrected chi connectivity index (χ3v) is 5.52. The third kappa shape index (κ3) is 3.91. The maximum Gasteiger partial charge on any atom is 0.348 e. The van der Waals surface area contributed by atoms with Gasteiger partial charge in [0.1, 0.15) is 4.88 Å². The summed E-state index contributed by atoms with van der Waals surface area (Å²) < 4.78 is 6.20. The monoisotopic (exact) mass is 331 g/mol. The molecule has 1 heterocycles. The van der Waals surface area contributed by atoms with E-state index in [0.29, 0.717) is 10.8 Å². The van der Waals surface area contributed by atoms with Crippen LogP contribution in [0.4, 0.5) is 0 Å². The summed E-state index contributed by atoms with van der Waals surface area (Å²) in [7, 11) is 0. The Bertz CT molecular complexity index is 676. The summed E-state index contributed by atoms with van der Waals surface area (Å²) in [4.78, 5) is 24.6. The third-order valence-electron chi connectivity index (χ3n) is 4.42. The smallest absolute Gasteiger partial charge is 0.348 e. The second-order valence-electron chi connectivity index (χ2n) is 6.16. The van der Waals surface area contributed by atoms with Crippen molar-refractivity contribution < 1.29 is 14.3 Å². The van der Waals surface area contributed by atoms with Gasteiger partial charge in [0.15, 0.2) is 6.61 Å². The molecule has 1 aliphatic carbocycles. The van der Waals surface area contributed by atoms with Gasteiger partial charge in [-0.3, -0.25) is 4.79 Å². The first-order chi connectivity index (χ1) is 11.1. The molecule has 2 aromatic rings. The number of carbonyl (C=O) groups excluding carboxylic acids is 2. The van der Waals surface area contributed by atoms with Crippen molar-refractivity contribution in [2.45, 2.75) is 38.6 Å². The summed E-state index contributed by atoms with van der Waals surface area (Å²) in [6.45, 7) is 1.95. The van der Waals surface area contributed by atoms with Gasteiger partial charge in [-0.1, -0.05) is 38.0 Å². The molecule has 1 N–H and O–H groups in total. The fourth-order valence-corrected chi connectivity index (χ4v) is 4.02. The molecule has 122 valence electrons. The highest BCUT2D eigenvalue weighted by atomic mass is 32.1. The minimum absolute atomic E-state index is 0.208. The molecule has 1 aliphatic rings. The molecule has 1 aromatic heterocycles. The molecule has 0 unspecified atom stereocenters. The van der Waals surface area contributed by atoms with Gasteiger partial charge in [0.05, 0.1) is 0 Å². The first-order valence-electron chi connectivity index (χ1n) is 8.08. The van der Waals surface area contributed by atoms with E-state index < -0.39 is 5.97 Å². The Hall–Kier alpha value is -1.88. The van der Waals surface area contributed by atoms with Crippen molar-refractivity contribution in [1.82, 2.24) is 5.32 Å². The van der Waals surface area contributed by atoms with E-state index in [1.165, 1.54) is 17.8 Å². The van der Waals surface area contributed by atoms with Gasteiger partial charge in [-0.25, -0.2) is 4.79 Å². The number of hydrogen-bond acceptors (Lipinski definition) is 4. The van der Waals surface area contributed by atoms with Gasteiger partial charge in [-0.2, -0.15) is 0 Å². The van der Waals surface area contributed by atoms with Crippen LogP contribution >= 0.6 is 11.3 Å². The number of amides is 1. The molecule has 5 heteroatoms. The fourth-order valence-electron chi connectivity index (χ4n) is 3.06. The Kier molecular flexibility index (Phi) is 4.96. The topological polar surface area (TPSA) is 55.4 Å². The molecule has 23 heavy (non-hydrogen) atoms. The van der Waals surface area contributed by atoms with E-state index in [-0.39, 0.29) is 18.6 Å². The second-order valence-corrected chi connectivity index (χ2v) is 7.24. The Morgan fingerprint density at radius 2 is 2.04 bits per heavy atom. The van der Waals surface area contributed by atoms with E-state index in [1.807, 2.05) is 30.3 Å². The zero-order valence-electron chi connectivity index (χ0n) is 13.2. The van der Waals surface area contributed by atoms with Gasteiger partial charge in [-0.15, -0.1) is 11.3 Å². The molecule has 1 saturated carbocycles. The average molecular weight is 331 g/mol. The minimum atomic E-state index is -0.432. The number of nitrogens with one attached hydrogen (secondary N) is 1. The lowest BCUT2D eigenvalue weighted by Crippen LogP contribution is -2.42. The normalized spacial score (nSPS) is 21.1. The fraction of sp³-hybridized carbons (Fsp3) is 0.444. The number of esters is 1. The summed E-state index contributed by atoms with van der Waals surface area (Å²) in [5.74, 6) is -0.151. The molecule has 2 atom stereocenters. The zero-order valence-corrected chi connectivity index (χ0v) is 14.0. The van der Waals surface area contributed by atoms with Crippen molar-refractivity contribution in [3.8, 4) is 0 Å². The quantitative estimate of drug-likeness (QED) is 0.868. The van der Waals surface area contributed by atoms with Crippen LogP contribution in [-0.2, 0) is 9.53 Å². The van der Waals surface area contributed by atoms with Crippen LogP contribution in [0.3, 0.4) is 0 Å². The van der Waals surface area contributed by atoms with E-state index in [9.17, 15) is 9.59 Å². The summed E-state index contributed by atoms with van der Waals surface area (Å²) in [5.41, 5.74) is 0. The van der Waals surface area contributed by atoms with Crippen LogP contribution in [0.5, 0.6) is 0 Å². The van der Waals surface area contributed by atoms with E-state index in [2.05, 4.69) is 12.2 Å². The van der Waals surface area contributed by atoms with Gasteiger partial charge in [0.25, 0.3) is 5.91 Å². The minimum Gasteiger partial charge on any atom is -0.451 e. The molecule has 1 amide bonds. The number of carbonyl (C=O) groups is 2. The van der Waals surface area contributed by atoms with Crippen molar-refractivity contribution in [1.29, 1.82) is 0 Å². The Balaban J connectivity index is 1.52. The molecule has 0 aliphatic heterocycles. The Morgan fingerprint density at radius 3 is 2.83 bits per heavy atom. The van der Waals surface area contributed by atoms with Crippen molar-refractivity contribution >= 4 is 33.3 Å². The maximum absolute atomic E-state index is 12.1. The summed E-state index contributed by atoms with van der Waals surface area (Å²) >= 11 is 1.39. The van der Waals surface area contributed by atoms with E-state index >= 15 is 0 Å². The van der Waals surface area contributed by atoms with Crippen LogP contribution < -0.4 is 5.32 Å². The molecule has 0 radical (unpaired) electrons. The van der Waals surface area contributed by atoms with Crippen LogP contribution in [0.25, 0.3) is 10.1 Å². The van der Waals surface area contributed by atoms with Gasteiger partial charge in [-0.05, 0) is 36.3 Å². The molecule has 3 rings (SSSR count). The highest BCUT2D eigenvalue weighted by molar-refractivity contribution is 7.20. The first-order valence-corrected chi connectivity index (χ1v) is 8.90. The van der Waals surface area contributed by atoms with E-state index in [0.717, 1.165) is 29.3 Å². The SMILES string of the molecule is C[C@H]1CCCC[C@H]1NC(=O)COC(=O)c1cc2ccccc2s1. The van der Waals surface area contributed by atoms with Crippen LogP contribution in [-0.4, -0.2) is 24.5 Å². The number of thiophene rings is 1. The molecular weight excluding hydrogens is 310 g/mol. The first kappa shape index (κ1) is 16.0. The molecule has 0 bridgehead atoms. The lowest BCUT2D eigenvalue weighted by Gasteiger charge is -2.29. The molecule has 1 aromatic carbocycles. The van der Waals surface area contributed by atoms with Gasteiger partial charge in [0.2, 0.25) is 0 Å². The lowest BCUT2D eigenvalue weighted by molar-refractivity contribution is -0.125. The second kappa shape index (κ2) is 7.13. The molecule has 1 fully saturated rings. The lowest BCUT2D eigenvalue weighted by atomic mass is 9.86. The molecule has 4 nitrogen and oxygen atoms in total. The largest absolute Gasteiger partial charge is 0.451 e. The Labute approximate surface area is 139 Å².